The van der Waals surface area contributed by atoms with Gasteiger partial charge in [-0.05, 0) is 128 Å². The van der Waals surface area contributed by atoms with Gasteiger partial charge in [-0.25, -0.2) is 0 Å². The first-order valence-electron chi connectivity index (χ1n) is 31.5. The summed E-state index contributed by atoms with van der Waals surface area (Å²) in [6, 6.07) is 0. The Morgan fingerprint density at radius 1 is 0.276 bits per heavy atom. The molecule has 0 saturated heterocycles. The molecule has 1 unspecified atom stereocenters. The third-order valence-electron chi connectivity index (χ3n) is 13.2. The summed E-state index contributed by atoms with van der Waals surface area (Å²) in [5, 5.41) is 0. The van der Waals surface area contributed by atoms with Gasteiger partial charge < -0.3 is 14.2 Å². The van der Waals surface area contributed by atoms with Crippen LogP contribution in [0.2, 0.25) is 0 Å². The molecule has 0 aliphatic carbocycles. The Kier molecular flexibility index (Phi) is 59.9. The van der Waals surface area contributed by atoms with E-state index in [4.69, 9.17) is 14.2 Å². The lowest BCUT2D eigenvalue weighted by atomic mass is 10.1. The number of esters is 3. The summed E-state index contributed by atoms with van der Waals surface area (Å²) < 4.78 is 16.9. The Morgan fingerprint density at radius 3 is 0.816 bits per heavy atom. The predicted octanol–water partition coefficient (Wildman–Crippen LogP) is 21.6. The first-order chi connectivity index (χ1) is 37.5. The molecule has 0 aromatic carbocycles. The van der Waals surface area contributed by atoms with Gasteiger partial charge in [0.05, 0.1) is 0 Å². The average molecular weight is 1050 g/mol. The van der Waals surface area contributed by atoms with Crippen LogP contribution < -0.4 is 0 Å². The van der Waals surface area contributed by atoms with E-state index in [1.165, 1.54) is 116 Å². The molecule has 0 rings (SSSR count). The topological polar surface area (TPSA) is 78.9 Å². The summed E-state index contributed by atoms with van der Waals surface area (Å²) >= 11 is 0. The molecule has 432 valence electrons. The van der Waals surface area contributed by atoms with Crippen LogP contribution in [0.1, 0.15) is 284 Å². The smallest absolute Gasteiger partial charge is 0.306 e. The van der Waals surface area contributed by atoms with Crippen molar-refractivity contribution in [2.24, 2.45) is 0 Å². The van der Waals surface area contributed by atoms with E-state index in [2.05, 4.69) is 142 Å². The summed E-state index contributed by atoms with van der Waals surface area (Å²) in [6.07, 6.45) is 87.7. The Bertz CT molecular complexity index is 1590. The molecule has 0 aliphatic rings. The highest BCUT2D eigenvalue weighted by Gasteiger charge is 2.19. The summed E-state index contributed by atoms with van der Waals surface area (Å²) in [6.45, 7) is 6.38. The highest BCUT2D eigenvalue weighted by atomic mass is 16.6. The lowest BCUT2D eigenvalue weighted by Gasteiger charge is -2.18. The number of hydrogen-bond donors (Lipinski definition) is 0. The molecule has 6 nitrogen and oxygen atoms in total. The lowest BCUT2D eigenvalue weighted by molar-refractivity contribution is -0.167. The summed E-state index contributed by atoms with van der Waals surface area (Å²) in [7, 11) is 0. The number of hydrogen-bond acceptors (Lipinski definition) is 6. The van der Waals surface area contributed by atoms with Crippen molar-refractivity contribution in [3.63, 3.8) is 0 Å². The summed E-state index contributed by atoms with van der Waals surface area (Å²) in [5.41, 5.74) is 0. The van der Waals surface area contributed by atoms with Gasteiger partial charge in [-0.15, -0.1) is 0 Å². The van der Waals surface area contributed by atoms with E-state index in [1.807, 2.05) is 0 Å². The van der Waals surface area contributed by atoms with Crippen LogP contribution in [0.15, 0.2) is 122 Å². The number of unbranched alkanes of at least 4 members (excludes halogenated alkanes) is 25. The fraction of sp³-hybridized carbons (Fsp3) is 0.671. The molecule has 76 heavy (non-hydrogen) atoms. The second kappa shape index (κ2) is 63.3. The lowest BCUT2D eigenvalue weighted by Crippen LogP contribution is -2.30. The van der Waals surface area contributed by atoms with Crippen LogP contribution >= 0.6 is 0 Å². The maximum Gasteiger partial charge on any atom is 0.306 e. The Morgan fingerprint density at radius 2 is 0.513 bits per heavy atom. The van der Waals surface area contributed by atoms with Gasteiger partial charge in [-0.3, -0.25) is 14.4 Å². The van der Waals surface area contributed by atoms with Crippen LogP contribution in [0.5, 0.6) is 0 Å². The molecule has 0 fully saturated rings. The number of allylic oxidation sites excluding steroid dienone is 20. The molecule has 0 bridgehead atoms. The summed E-state index contributed by atoms with van der Waals surface area (Å²) in [5.74, 6) is -0.908. The molecule has 0 saturated carbocycles. The van der Waals surface area contributed by atoms with Crippen LogP contribution in [-0.4, -0.2) is 37.2 Å². The normalized spacial score (nSPS) is 12.9. The first kappa shape index (κ1) is 71.8. The highest BCUT2D eigenvalue weighted by Crippen LogP contribution is 2.15. The summed E-state index contributed by atoms with van der Waals surface area (Å²) in [4.78, 5) is 38.2. The van der Waals surface area contributed by atoms with Crippen molar-refractivity contribution in [3.8, 4) is 0 Å². The van der Waals surface area contributed by atoms with Gasteiger partial charge in [0.2, 0.25) is 0 Å². The fourth-order valence-corrected chi connectivity index (χ4v) is 8.51. The minimum absolute atomic E-state index is 0.0885. The van der Waals surface area contributed by atoms with E-state index in [9.17, 15) is 14.4 Å². The molecular weight excluding hydrogens is 937 g/mol. The molecule has 0 radical (unpaired) electrons. The van der Waals surface area contributed by atoms with E-state index in [0.717, 1.165) is 128 Å². The zero-order valence-corrected chi connectivity index (χ0v) is 49.5. The van der Waals surface area contributed by atoms with E-state index in [-0.39, 0.29) is 31.1 Å². The van der Waals surface area contributed by atoms with E-state index >= 15 is 0 Å². The van der Waals surface area contributed by atoms with Crippen molar-refractivity contribution in [3.05, 3.63) is 122 Å². The average Bonchev–Trinajstić information content (AvgIpc) is 3.42. The second-order valence-corrected chi connectivity index (χ2v) is 20.5. The predicted molar refractivity (Wildman–Crippen MR) is 330 cm³/mol. The number of rotatable bonds is 56. The SMILES string of the molecule is CC/C=C\C/C=C\C/C=C\C/C=C\C/C=C\C/C=C\CCCCCCCCCCCCC(=O)OCC(COC(=O)CCCCCCC/C=C\CCCCC)OC(=O)CCCCCCCCC/C=C\C/C=C\C/C=C\CC. The van der Waals surface area contributed by atoms with Crippen LogP contribution in [0.4, 0.5) is 0 Å². The number of carbonyl (C=O) groups is 3. The maximum atomic E-state index is 12.9. The van der Waals surface area contributed by atoms with Gasteiger partial charge in [0.1, 0.15) is 13.2 Å². The van der Waals surface area contributed by atoms with Crippen LogP contribution in [0, 0.1) is 0 Å². The number of ether oxygens (including phenoxy) is 3. The molecule has 0 heterocycles. The quantitative estimate of drug-likeness (QED) is 0.0261. The standard InChI is InChI=1S/C70H116O6/c1-4-7-10-13-16-19-22-25-27-29-30-31-32-33-34-35-36-37-38-39-40-42-43-45-48-51-54-57-60-63-69(72)75-66-67(65-74-68(71)62-59-56-53-50-47-24-21-18-15-12-9-6-3)76-70(73)64-61-58-55-52-49-46-44-41-28-26-23-20-17-14-11-8-5-2/h7-8,10-11,16-21,25-28,30-31,33-34,36-37,67H,4-6,9,12-15,22-24,29,32,35,38-66H2,1-3H3/b10-7-,11-8-,19-16-,20-17-,21-18-,27-25-,28-26-,31-30-,34-33-,37-36-. The van der Waals surface area contributed by atoms with Crippen LogP contribution in [0.3, 0.4) is 0 Å². The van der Waals surface area contributed by atoms with E-state index in [1.54, 1.807) is 0 Å². The van der Waals surface area contributed by atoms with E-state index < -0.39 is 6.10 Å². The zero-order valence-electron chi connectivity index (χ0n) is 49.5. The Balaban J connectivity index is 4.29. The van der Waals surface area contributed by atoms with Crippen LogP contribution in [0.25, 0.3) is 0 Å². The molecule has 0 amide bonds. The molecule has 0 aliphatic heterocycles. The maximum absolute atomic E-state index is 12.9. The zero-order chi connectivity index (χ0) is 55.0. The van der Waals surface area contributed by atoms with Gasteiger partial charge in [0, 0.05) is 19.3 Å². The van der Waals surface area contributed by atoms with Crippen LogP contribution in [-0.2, 0) is 28.6 Å². The van der Waals surface area contributed by atoms with Crippen molar-refractivity contribution in [1.29, 1.82) is 0 Å². The molecule has 0 N–H and O–H groups in total. The largest absolute Gasteiger partial charge is 0.462 e. The molecule has 0 aromatic heterocycles. The highest BCUT2D eigenvalue weighted by molar-refractivity contribution is 5.71. The van der Waals surface area contributed by atoms with Crippen molar-refractivity contribution in [1.82, 2.24) is 0 Å². The van der Waals surface area contributed by atoms with Gasteiger partial charge in [-0.2, -0.15) is 0 Å². The van der Waals surface area contributed by atoms with Crippen molar-refractivity contribution in [2.45, 2.75) is 290 Å². The third kappa shape index (κ3) is 60.7. The minimum atomic E-state index is -0.792. The van der Waals surface area contributed by atoms with Crippen molar-refractivity contribution < 1.29 is 28.6 Å². The second-order valence-electron chi connectivity index (χ2n) is 20.5. The molecule has 1 atom stereocenters. The van der Waals surface area contributed by atoms with Gasteiger partial charge >= 0.3 is 17.9 Å². The Labute approximate surface area is 469 Å². The van der Waals surface area contributed by atoms with Gasteiger partial charge in [-0.1, -0.05) is 258 Å². The molecule has 0 aromatic rings. The fourth-order valence-electron chi connectivity index (χ4n) is 8.51. The number of carbonyl (C=O) groups excluding carboxylic acids is 3. The van der Waals surface area contributed by atoms with Gasteiger partial charge in [0.15, 0.2) is 6.10 Å². The van der Waals surface area contributed by atoms with Crippen molar-refractivity contribution >= 4 is 17.9 Å². The first-order valence-corrected chi connectivity index (χ1v) is 31.5. The third-order valence-corrected chi connectivity index (χ3v) is 13.2. The van der Waals surface area contributed by atoms with E-state index in [0.29, 0.717) is 19.3 Å². The van der Waals surface area contributed by atoms with Gasteiger partial charge in [0.25, 0.3) is 0 Å². The molecule has 0 spiro atoms. The molecular formula is C70H116O6. The van der Waals surface area contributed by atoms with Crippen molar-refractivity contribution in [2.75, 3.05) is 13.2 Å². The monoisotopic (exact) mass is 1050 g/mol. The minimum Gasteiger partial charge on any atom is -0.462 e. The molecule has 6 heteroatoms. The Hall–Kier alpha value is -4.19.